The first kappa shape index (κ1) is 16.1. The number of amides is 1. The van der Waals surface area contributed by atoms with E-state index in [2.05, 4.69) is 15.3 Å². The van der Waals surface area contributed by atoms with E-state index >= 15 is 0 Å². The van der Waals surface area contributed by atoms with E-state index in [0.717, 1.165) is 10.6 Å². The Morgan fingerprint density at radius 1 is 1.29 bits per heavy atom. The Morgan fingerprint density at radius 3 is 2.83 bits per heavy atom. The zero-order valence-electron chi connectivity index (χ0n) is 13.1. The van der Waals surface area contributed by atoms with Gasteiger partial charge in [-0.3, -0.25) is 14.2 Å². The maximum absolute atomic E-state index is 12.1. The molecule has 7 heteroatoms. The molecule has 6 nitrogen and oxygen atoms in total. The molecule has 0 fully saturated rings. The molecule has 1 amide bonds. The molecule has 0 aliphatic heterocycles. The molecule has 1 N–H and O–H groups in total. The number of nitrogens with one attached hydrogen (secondary N) is 1. The first-order valence-electron chi connectivity index (χ1n) is 7.46. The average Bonchev–Trinajstić information content (AvgIpc) is 3.08. The van der Waals surface area contributed by atoms with Gasteiger partial charge in [0.25, 0.3) is 11.5 Å². The van der Waals surface area contributed by atoms with Gasteiger partial charge in [0.2, 0.25) is 0 Å². The largest absolute Gasteiger partial charge is 0.349 e. The third-order valence-electron chi connectivity index (χ3n) is 3.41. The monoisotopic (exact) mass is 340 g/mol. The maximum atomic E-state index is 12.1. The summed E-state index contributed by atoms with van der Waals surface area (Å²) in [5, 5.41) is 5.31. The number of thiazole rings is 1. The van der Waals surface area contributed by atoms with Gasteiger partial charge >= 0.3 is 0 Å². The Hall–Kier alpha value is -2.80. The number of aryl methyl sites for hydroxylation is 1. The summed E-state index contributed by atoms with van der Waals surface area (Å²) in [6, 6.07) is 11.2. The van der Waals surface area contributed by atoms with Crippen LogP contribution < -0.4 is 10.9 Å². The van der Waals surface area contributed by atoms with Crippen LogP contribution in [-0.4, -0.2) is 27.0 Å². The van der Waals surface area contributed by atoms with Crippen LogP contribution >= 0.6 is 11.3 Å². The van der Waals surface area contributed by atoms with E-state index in [1.54, 1.807) is 12.3 Å². The first-order chi connectivity index (χ1) is 11.6. The van der Waals surface area contributed by atoms with Crippen LogP contribution in [0.15, 0.2) is 52.9 Å². The van der Waals surface area contributed by atoms with E-state index in [-0.39, 0.29) is 11.5 Å². The van der Waals surface area contributed by atoms with Crippen LogP contribution in [-0.2, 0) is 6.54 Å². The summed E-state index contributed by atoms with van der Waals surface area (Å²) >= 11 is 1.43. The lowest BCUT2D eigenvalue weighted by Crippen LogP contribution is -2.31. The van der Waals surface area contributed by atoms with Crippen molar-refractivity contribution < 1.29 is 4.79 Å². The molecule has 0 aliphatic carbocycles. The van der Waals surface area contributed by atoms with Crippen molar-refractivity contribution in [3.63, 3.8) is 0 Å². The topological polar surface area (TPSA) is 76.9 Å². The van der Waals surface area contributed by atoms with Gasteiger partial charge in [-0.1, -0.05) is 30.3 Å². The summed E-state index contributed by atoms with van der Waals surface area (Å²) in [5.74, 6) is -0.249. The number of hydrogen-bond acceptors (Lipinski definition) is 5. The smallest absolute Gasteiger partial charge is 0.270 e. The number of carbonyl (C=O) groups is 1. The summed E-state index contributed by atoms with van der Waals surface area (Å²) in [7, 11) is 0. The van der Waals surface area contributed by atoms with Gasteiger partial charge in [0.05, 0.1) is 6.33 Å². The highest BCUT2D eigenvalue weighted by molar-refractivity contribution is 7.13. The van der Waals surface area contributed by atoms with Crippen LogP contribution in [0.3, 0.4) is 0 Å². The Bertz CT molecular complexity index is 902. The van der Waals surface area contributed by atoms with E-state index in [1.165, 1.54) is 28.3 Å². The fourth-order valence-corrected chi connectivity index (χ4v) is 2.96. The second-order valence-corrected chi connectivity index (χ2v) is 6.08. The maximum Gasteiger partial charge on any atom is 0.270 e. The van der Waals surface area contributed by atoms with E-state index in [1.807, 2.05) is 30.3 Å². The summed E-state index contributed by atoms with van der Waals surface area (Å²) < 4.78 is 1.46. The summed E-state index contributed by atoms with van der Waals surface area (Å²) in [6.07, 6.45) is 1.49. The zero-order chi connectivity index (χ0) is 16.9. The van der Waals surface area contributed by atoms with Gasteiger partial charge < -0.3 is 5.32 Å². The van der Waals surface area contributed by atoms with E-state index in [0.29, 0.717) is 24.5 Å². The second kappa shape index (κ2) is 7.18. The van der Waals surface area contributed by atoms with Crippen molar-refractivity contribution in [3.8, 4) is 10.6 Å². The van der Waals surface area contributed by atoms with E-state index in [9.17, 15) is 9.59 Å². The SMILES string of the molecule is Cc1cc(=O)n(CCNC(=O)c2csc(-c3ccccc3)n2)cn1. The summed E-state index contributed by atoms with van der Waals surface area (Å²) in [6.45, 7) is 2.47. The first-order valence-corrected chi connectivity index (χ1v) is 8.34. The number of hydrogen-bond donors (Lipinski definition) is 1. The molecule has 2 heterocycles. The molecule has 1 aromatic carbocycles. The molecule has 0 aliphatic rings. The van der Waals surface area contributed by atoms with Crippen LogP contribution in [0.1, 0.15) is 16.2 Å². The molecule has 0 saturated heterocycles. The van der Waals surface area contributed by atoms with Crippen LogP contribution in [0, 0.1) is 6.92 Å². The highest BCUT2D eigenvalue weighted by atomic mass is 32.1. The highest BCUT2D eigenvalue weighted by Gasteiger charge is 2.11. The second-order valence-electron chi connectivity index (χ2n) is 5.22. The van der Waals surface area contributed by atoms with Crippen molar-refractivity contribution in [2.45, 2.75) is 13.5 Å². The molecule has 2 aromatic heterocycles. The van der Waals surface area contributed by atoms with Crippen molar-refractivity contribution >= 4 is 17.2 Å². The quantitative estimate of drug-likeness (QED) is 0.772. The lowest BCUT2D eigenvalue weighted by molar-refractivity contribution is 0.0948. The molecule has 3 aromatic rings. The van der Waals surface area contributed by atoms with Crippen LogP contribution in [0.5, 0.6) is 0 Å². The van der Waals surface area contributed by atoms with Crippen molar-refractivity contribution in [3.05, 3.63) is 69.8 Å². The molecular formula is C17H16N4O2S. The summed E-state index contributed by atoms with van der Waals surface area (Å²) in [4.78, 5) is 32.3. The molecule has 0 saturated carbocycles. The molecule has 24 heavy (non-hydrogen) atoms. The van der Waals surface area contributed by atoms with Crippen molar-refractivity contribution in [1.82, 2.24) is 19.9 Å². The lowest BCUT2D eigenvalue weighted by atomic mass is 10.2. The van der Waals surface area contributed by atoms with E-state index < -0.39 is 0 Å². The average molecular weight is 340 g/mol. The van der Waals surface area contributed by atoms with Gasteiger partial charge in [-0.05, 0) is 6.92 Å². The van der Waals surface area contributed by atoms with Crippen molar-refractivity contribution in [2.24, 2.45) is 0 Å². The van der Waals surface area contributed by atoms with Gasteiger partial charge in [-0.25, -0.2) is 9.97 Å². The number of nitrogens with zero attached hydrogens (tertiary/aromatic N) is 3. The van der Waals surface area contributed by atoms with Crippen LogP contribution in [0.4, 0.5) is 0 Å². The minimum Gasteiger partial charge on any atom is -0.349 e. The van der Waals surface area contributed by atoms with Crippen molar-refractivity contribution in [2.75, 3.05) is 6.54 Å². The van der Waals surface area contributed by atoms with Crippen LogP contribution in [0.25, 0.3) is 10.6 Å². The fourth-order valence-electron chi connectivity index (χ4n) is 2.16. The molecule has 3 rings (SSSR count). The zero-order valence-corrected chi connectivity index (χ0v) is 13.9. The van der Waals surface area contributed by atoms with Crippen molar-refractivity contribution in [1.29, 1.82) is 0 Å². The third-order valence-corrected chi connectivity index (χ3v) is 4.30. The molecular weight excluding hydrogens is 324 g/mol. The molecule has 0 atom stereocenters. The summed E-state index contributed by atoms with van der Waals surface area (Å²) in [5.41, 5.74) is 1.92. The molecule has 122 valence electrons. The fraction of sp³-hybridized carbons (Fsp3) is 0.176. The Balaban J connectivity index is 1.60. The third kappa shape index (κ3) is 3.75. The number of rotatable bonds is 5. The van der Waals surface area contributed by atoms with Crippen LogP contribution in [0.2, 0.25) is 0 Å². The van der Waals surface area contributed by atoms with Gasteiger partial charge in [-0.2, -0.15) is 0 Å². The van der Waals surface area contributed by atoms with Gasteiger partial charge in [0, 0.05) is 35.8 Å². The normalized spacial score (nSPS) is 10.5. The Labute approximate surface area is 142 Å². The molecule has 0 bridgehead atoms. The minimum absolute atomic E-state index is 0.128. The predicted molar refractivity (Wildman–Crippen MR) is 93.1 cm³/mol. The molecule has 0 radical (unpaired) electrons. The number of carbonyl (C=O) groups excluding carboxylic acids is 1. The van der Waals surface area contributed by atoms with Gasteiger partial charge in [0.15, 0.2) is 0 Å². The standard InChI is InChI=1S/C17H16N4O2S/c1-12-9-15(22)21(11-19-12)8-7-18-16(23)14-10-24-17(20-14)13-5-3-2-4-6-13/h2-6,9-11H,7-8H2,1H3,(H,18,23). The lowest BCUT2D eigenvalue weighted by Gasteiger charge is -2.06. The van der Waals surface area contributed by atoms with Gasteiger partial charge in [0.1, 0.15) is 10.7 Å². The highest BCUT2D eigenvalue weighted by Crippen LogP contribution is 2.23. The predicted octanol–water partition coefficient (Wildman–Crippen LogP) is 2.11. The Kier molecular flexibility index (Phi) is 4.81. The number of aromatic nitrogens is 3. The minimum atomic E-state index is -0.249. The molecule has 0 spiro atoms. The van der Waals surface area contributed by atoms with E-state index in [4.69, 9.17) is 0 Å². The Morgan fingerprint density at radius 2 is 2.08 bits per heavy atom. The molecule has 0 unspecified atom stereocenters. The van der Waals surface area contributed by atoms with Gasteiger partial charge in [-0.15, -0.1) is 11.3 Å². The number of benzene rings is 1.